The molecular weight excluding hydrogens is 369 g/mol. The first-order chi connectivity index (χ1) is 11.1. The van der Waals surface area contributed by atoms with Crippen LogP contribution in [0.1, 0.15) is 27.7 Å². The summed E-state index contributed by atoms with van der Waals surface area (Å²) in [5.74, 6) is 0. The maximum absolute atomic E-state index is 6.89. The molecule has 1 heterocycles. The molecule has 1 fully saturated rings. The maximum Gasteiger partial charge on any atom is 0.328 e. The molecule has 0 radical (unpaired) electrons. The predicted molar refractivity (Wildman–Crippen MR) is 111 cm³/mol. The molecule has 0 unspecified atom stereocenters. The fraction of sp³-hybridized carbons (Fsp3) is 0.500. The van der Waals surface area contributed by atoms with E-state index in [4.69, 9.17) is 16.5 Å². The molecule has 1 aliphatic heterocycles. The molecule has 1 saturated heterocycles. The summed E-state index contributed by atoms with van der Waals surface area (Å²) in [6, 6.07) is 3.01. The van der Waals surface area contributed by atoms with Gasteiger partial charge in [-0.25, -0.2) is 0 Å². The Kier molecular flexibility index (Phi) is 8.49. The Morgan fingerprint density at radius 1 is 0.667 bits per heavy atom. The zero-order chi connectivity index (χ0) is 18.4. The van der Waals surface area contributed by atoms with Gasteiger partial charge in [0.15, 0.2) is 0 Å². The van der Waals surface area contributed by atoms with Crippen LogP contribution in [0, 0.1) is 0 Å². The van der Waals surface area contributed by atoms with E-state index in [2.05, 4.69) is 26.3 Å². The van der Waals surface area contributed by atoms with E-state index in [1.165, 1.54) is 0 Å². The lowest BCUT2D eigenvalue weighted by molar-refractivity contribution is 0.272. The summed E-state index contributed by atoms with van der Waals surface area (Å²) in [7, 11) is -7.24. The smallest absolute Gasteiger partial charge is 0.328 e. The average molecular weight is 401 g/mol. The maximum atomic E-state index is 6.89. The van der Waals surface area contributed by atoms with Crippen LogP contribution in [0.25, 0.3) is 0 Å². The monoisotopic (exact) mass is 400 g/mol. The van der Waals surface area contributed by atoms with Gasteiger partial charge >= 0.3 is 17.1 Å². The molecular formula is C16H32O4Si4. The van der Waals surface area contributed by atoms with Gasteiger partial charge in [-0.3, -0.25) is 0 Å². The Bertz CT molecular complexity index is 442. The third kappa shape index (κ3) is 7.28. The van der Waals surface area contributed by atoms with E-state index in [-0.39, 0.29) is 0 Å². The first-order valence-electron chi connectivity index (χ1n) is 8.21. The second-order valence-electron chi connectivity index (χ2n) is 7.19. The van der Waals surface area contributed by atoms with Gasteiger partial charge in [0.25, 0.3) is 20.0 Å². The van der Waals surface area contributed by atoms with Crippen LogP contribution in [0.3, 0.4) is 0 Å². The van der Waals surface area contributed by atoms with Gasteiger partial charge in [0.2, 0.25) is 0 Å². The second-order valence-corrected chi connectivity index (χ2v) is 17.5. The molecule has 136 valence electrons. The molecule has 24 heavy (non-hydrogen) atoms. The van der Waals surface area contributed by atoms with Crippen LogP contribution in [0.15, 0.2) is 48.6 Å². The van der Waals surface area contributed by atoms with Crippen molar-refractivity contribution in [3.05, 3.63) is 48.6 Å². The molecule has 0 aromatic carbocycles. The summed E-state index contributed by atoms with van der Waals surface area (Å²) >= 11 is 0. The first kappa shape index (κ1) is 21.7. The summed E-state index contributed by atoms with van der Waals surface area (Å²) in [6.07, 6.45) is 0. The van der Waals surface area contributed by atoms with E-state index in [1.54, 1.807) is 0 Å². The molecule has 0 bridgehead atoms. The van der Waals surface area contributed by atoms with E-state index in [0.29, 0.717) is 0 Å². The lowest BCUT2D eigenvalue weighted by atomic mass is 10.4. The van der Waals surface area contributed by atoms with Crippen molar-refractivity contribution in [3.8, 4) is 0 Å². The summed E-state index contributed by atoms with van der Waals surface area (Å²) < 4.78 is 25.4. The summed E-state index contributed by atoms with van der Waals surface area (Å²) in [6.45, 7) is 24.5. The Balaban J connectivity index is 3.28. The van der Waals surface area contributed by atoms with Crippen molar-refractivity contribution in [2.45, 2.75) is 51.9 Å². The zero-order valence-corrected chi connectivity index (χ0v) is 20.5. The molecule has 8 heteroatoms. The van der Waals surface area contributed by atoms with Gasteiger partial charge in [-0.2, -0.15) is 0 Å². The molecule has 0 atom stereocenters. The number of hydrogen-bond donors (Lipinski definition) is 0. The highest BCUT2D eigenvalue weighted by atomic mass is 28.5. The Morgan fingerprint density at radius 2 is 0.958 bits per heavy atom. The van der Waals surface area contributed by atoms with Crippen LogP contribution in [-0.2, 0) is 16.5 Å². The molecule has 0 spiro atoms. The summed E-state index contributed by atoms with van der Waals surface area (Å²) in [5.41, 5.74) is 4.29. The fourth-order valence-corrected chi connectivity index (χ4v) is 18.2. The highest BCUT2D eigenvalue weighted by molar-refractivity contribution is 6.86. The van der Waals surface area contributed by atoms with Crippen LogP contribution < -0.4 is 0 Å². The average Bonchev–Trinajstić information content (AvgIpc) is 2.32. The van der Waals surface area contributed by atoms with E-state index in [0.717, 1.165) is 46.5 Å². The highest BCUT2D eigenvalue weighted by Gasteiger charge is 2.49. The molecule has 0 N–H and O–H groups in total. The third-order valence-corrected chi connectivity index (χ3v) is 17.5. The van der Waals surface area contributed by atoms with Crippen molar-refractivity contribution >= 4 is 37.1 Å². The topological polar surface area (TPSA) is 36.9 Å². The lowest BCUT2D eigenvalue weighted by Gasteiger charge is -2.43. The minimum absolute atomic E-state index is 0.752. The van der Waals surface area contributed by atoms with Crippen molar-refractivity contribution in [2.75, 3.05) is 0 Å². The van der Waals surface area contributed by atoms with E-state index in [1.807, 2.05) is 27.7 Å². The SMILES string of the molecule is C=C(C)C[Si]1(CC(=C)C)O[SiH2]O[SiH2]O[Si](CC(=C)C)(CC(=C)C)O1. The Morgan fingerprint density at radius 3 is 1.21 bits per heavy atom. The minimum atomic E-state index is -2.55. The number of allylic oxidation sites excluding steroid dienone is 4. The quantitative estimate of drug-likeness (QED) is 0.463. The molecule has 1 aliphatic rings. The van der Waals surface area contributed by atoms with Gasteiger partial charge in [0.05, 0.1) is 0 Å². The van der Waals surface area contributed by atoms with Gasteiger partial charge < -0.3 is 16.5 Å². The largest absolute Gasteiger partial charge is 0.425 e. The van der Waals surface area contributed by atoms with Gasteiger partial charge in [-0.15, -0.1) is 26.3 Å². The molecule has 0 aromatic rings. The normalized spacial score (nSPS) is 21.8. The molecule has 0 amide bonds. The fourth-order valence-electron chi connectivity index (χ4n) is 3.04. The van der Waals surface area contributed by atoms with Crippen LogP contribution in [0.4, 0.5) is 0 Å². The minimum Gasteiger partial charge on any atom is -0.425 e. The molecule has 1 rings (SSSR count). The molecule has 0 aliphatic carbocycles. The van der Waals surface area contributed by atoms with Crippen molar-refractivity contribution in [1.29, 1.82) is 0 Å². The van der Waals surface area contributed by atoms with Crippen molar-refractivity contribution in [2.24, 2.45) is 0 Å². The Labute approximate surface area is 154 Å². The first-order valence-corrected chi connectivity index (χ1v) is 15.0. The molecule has 0 aromatic heterocycles. The van der Waals surface area contributed by atoms with E-state index >= 15 is 0 Å². The zero-order valence-electron chi connectivity index (χ0n) is 15.7. The standard InChI is InChI=1S/C16H32O4Si4/c1-13(2)9-23(10-14(3)4)18-21-17-22-19-24(20-23,11-15(5)6)12-16(7)8/h1,3,5,7,9-12,21-22H2,2,4,6,8H3. The van der Waals surface area contributed by atoms with Crippen molar-refractivity contribution < 1.29 is 16.5 Å². The summed E-state index contributed by atoms with van der Waals surface area (Å²) in [4.78, 5) is 0. The van der Waals surface area contributed by atoms with Gasteiger partial charge in [-0.1, -0.05) is 22.3 Å². The van der Waals surface area contributed by atoms with Crippen molar-refractivity contribution in [1.82, 2.24) is 0 Å². The second kappa shape index (κ2) is 9.39. The van der Waals surface area contributed by atoms with Crippen molar-refractivity contribution in [3.63, 3.8) is 0 Å². The van der Waals surface area contributed by atoms with Crippen LogP contribution in [0.5, 0.6) is 0 Å². The Hall–Kier alpha value is -0.332. The number of rotatable bonds is 8. The molecule has 4 nitrogen and oxygen atoms in total. The molecule has 0 saturated carbocycles. The van der Waals surface area contributed by atoms with E-state index < -0.39 is 37.1 Å². The lowest BCUT2D eigenvalue weighted by Crippen LogP contribution is -2.58. The van der Waals surface area contributed by atoms with Gasteiger partial charge in [0.1, 0.15) is 0 Å². The third-order valence-electron chi connectivity index (χ3n) is 3.47. The number of hydrogen-bond acceptors (Lipinski definition) is 4. The van der Waals surface area contributed by atoms with Gasteiger partial charge in [0, 0.05) is 24.2 Å². The highest BCUT2D eigenvalue weighted by Crippen LogP contribution is 2.36. The van der Waals surface area contributed by atoms with Crippen LogP contribution >= 0.6 is 0 Å². The van der Waals surface area contributed by atoms with Crippen LogP contribution in [-0.4, -0.2) is 37.1 Å². The van der Waals surface area contributed by atoms with Gasteiger partial charge in [-0.05, 0) is 27.7 Å². The van der Waals surface area contributed by atoms with E-state index in [9.17, 15) is 0 Å². The van der Waals surface area contributed by atoms with Crippen LogP contribution in [0.2, 0.25) is 24.2 Å². The predicted octanol–water partition coefficient (Wildman–Crippen LogP) is 3.25. The summed E-state index contributed by atoms with van der Waals surface area (Å²) in [5, 5.41) is 0.